The highest BCUT2D eigenvalue weighted by Gasteiger charge is 2.32. The largest absolute Gasteiger partial charge is 0.485 e. The van der Waals surface area contributed by atoms with Crippen LogP contribution in [0.4, 0.5) is 14.5 Å². The number of hydrogen-bond acceptors (Lipinski definition) is 5. The lowest BCUT2D eigenvalue weighted by atomic mass is 10.1. The number of nitrogens with zero attached hydrogens (tertiary/aromatic N) is 1. The van der Waals surface area contributed by atoms with Crippen LogP contribution < -0.4 is 13.9 Å². The van der Waals surface area contributed by atoms with Crippen LogP contribution in [0.1, 0.15) is 13.3 Å². The molecule has 170 valence electrons. The summed E-state index contributed by atoms with van der Waals surface area (Å²) < 4.78 is 60.0. The molecule has 1 aliphatic heterocycles. The summed E-state index contributed by atoms with van der Waals surface area (Å²) in [6.45, 7) is 3.38. The molecule has 1 aliphatic rings. The molecule has 0 amide bonds. The van der Waals surface area contributed by atoms with Crippen LogP contribution in [0, 0.1) is 11.6 Å². The molecule has 0 radical (unpaired) electrons. The van der Waals surface area contributed by atoms with Gasteiger partial charge in [0.2, 0.25) is 0 Å². The Morgan fingerprint density at radius 2 is 1.94 bits per heavy atom. The molecule has 1 saturated heterocycles. The summed E-state index contributed by atoms with van der Waals surface area (Å²) in [6.07, 6.45) is 0.772. The van der Waals surface area contributed by atoms with Crippen molar-refractivity contribution in [3.05, 3.63) is 65.2 Å². The Labute approximate surface area is 198 Å². The Morgan fingerprint density at radius 1 is 1.16 bits per heavy atom. The molecule has 0 unspecified atom stereocenters. The van der Waals surface area contributed by atoms with Crippen LogP contribution >= 0.6 is 34.7 Å². The van der Waals surface area contributed by atoms with E-state index in [1.807, 2.05) is 6.92 Å². The van der Waals surface area contributed by atoms with Gasteiger partial charge in [-0.15, -0.1) is 11.3 Å². The predicted octanol–water partition coefficient (Wildman–Crippen LogP) is 5.83. The highest BCUT2D eigenvalue weighted by Crippen LogP contribution is 2.39. The summed E-state index contributed by atoms with van der Waals surface area (Å²) in [4.78, 5) is 0.327. The fraction of sp³-hybridized carbons (Fsp3) is 0.238. The van der Waals surface area contributed by atoms with E-state index in [9.17, 15) is 17.2 Å². The molecule has 0 saturated carbocycles. The van der Waals surface area contributed by atoms with Crippen LogP contribution in [0.15, 0.2) is 52.7 Å². The Kier molecular flexibility index (Phi) is 6.39. The maximum atomic E-state index is 14.1. The summed E-state index contributed by atoms with van der Waals surface area (Å²) >= 11 is 13.3. The van der Waals surface area contributed by atoms with E-state index in [2.05, 4.69) is 5.32 Å². The molecule has 11 heteroatoms. The predicted molar refractivity (Wildman–Crippen MR) is 123 cm³/mol. The molecule has 4 rings (SSSR count). The molecule has 1 aromatic heterocycles. The highest BCUT2D eigenvalue weighted by atomic mass is 35.5. The van der Waals surface area contributed by atoms with Crippen molar-refractivity contribution in [2.45, 2.75) is 23.2 Å². The first-order valence-electron chi connectivity index (χ1n) is 9.55. The molecule has 1 N–H and O–H groups in total. The Morgan fingerprint density at radius 3 is 2.62 bits per heavy atom. The second kappa shape index (κ2) is 8.79. The molecule has 0 spiro atoms. The second-order valence-electron chi connectivity index (χ2n) is 7.56. The van der Waals surface area contributed by atoms with Gasteiger partial charge in [0.25, 0.3) is 10.0 Å². The van der Waals surface area contributed by atoms with E-state index in [1.165, 1.54) is 36.4 Å². The zero-order chi connectivity index (χ0) is 23.1. The average Bonchev–Trinajstić information content (AvgIpc) is 3.39. The molecule has 1 fully saturated rings. The molecular weight excluding hydrogens is 501 g/mol. The molecule has 3 aromatic rings. The molecule has 0 aliphatic carbocycles. The molecule has 32 heavy (non-hydrogen) atoms. The number of sulfonamides is 1. The van der Waals surface area contributed by atoms with Gasteiger partial charge >= 0.3 is 0 Å². The fourth-order valence-electron chi connectivity index (χ4n) is 3.34. The summed E-state index contributed by atoms with van der Waals surface area (Å²) in [5.41, 5.74) is -0.233. The lowest BCUT2D eigenvalue weighted by Gasteiger charge is -2.26. The number of rotatable bonds is 6. The third-order valence-electron chi connectivity index (χ3n) is 5.05. The van der Waals surface area contributed by atoms with Crippen LogP contribution in [-0.4, -0.2) is 27.1 Å². The minimum atomic E-state index is -4.16. The normalized spacial score (nSPS) is 18.7. The van der Waals surface area contributed by atoms with Crippen LogP contribution in [0.3, 0.4) is 0 Å². The average molecular weight is 519 g/mol. The number of ether oxygens (including phenoxy) is 1. The van der Waals surface area contributed by atoms with Crippen molar-refractivity contribution in [1.29, 1.82) is 0 Å². The number of halogens is 4. The molecule has 2 heterocycles. The lowest BCUT2D eigenvalue weighted by Crippen LogP contribution is -2.34. The maximum absolute atomic E-state index is 14.1. The SMILES string of the molecule is C[C@@]1(Oc2cc(N(Cl)S(=O)(=O)c3ccc(-c4ccc(F)cc4F)s3)ccc2Cl)CCNC1. The van der Waals surface area contributed by atoms with Crippen LogP contribution in [0.25, 0.3) is 10.4 Å². The van der Waals surface area contributed by atoms with E-state index in [4.69, 9.17) is 28.1 Å². The third-order valence-corrected chi connectivity index (χ3v) is 9.17. The van der Waals surface area contributed by atoms with Crippen molar-refractivity contribution in [3.63, 3.8) is 0 Å². The van der Waals surface area contributed by atoms with Crippen molar-refractivity contribution in [2.75, 3.05) is 16.9 Å². The van der Waals surface area contributed by atoms with Gasteiger partial charge in [-0.05, 0) is 49.9 Å². The van der Waals surface area contributed by atoms with Crippen LogP contribution in [0.2, 0.25) is 5.02 Å². The summed E-state index contributed by atoms with van der Waals surface area (Å²) in [6, 6.07) is 10.3. The van der Waals surface area contributed by atoms with Crippen molar-refractivity contribution < 1.29 is 21.9 Å². The number of thiophene rings is 1. The molecule has 5 nitrogen and oxygen atoms in total. The van der Waals surface area contributed by atoms with Gasteiger partial charge in [0, 0.05) is 47.3 Å². The first kappa shape index (κ1) is 23.3. The quantitative estimate of drug-likeness (QED) is 0.417. The Balaban J connectivity index is 1.62. The zero-order valence-corrected chi connectivity index (χ0v) is 19.9. The second-order valence-corrected chi connectivity index (χ2v) is 11.6. The van der Waals surface area contributed by atoms with Gasteiger partial charge in [0.1, 0.15) is 27.2 Å². The van der Waals surface area contributed by atoms with E-state index >= 15 is 0 Å². The van der Waals surface area contributed by atoms with Crippen molar-refractivity contribution in [1.82, 2.24) is 5.32 Å². The Bertz CT molecular complexity index is 1260. The summed E-state index contributed by atoms with van der Waals surface area (Å²) in [5, 5.41) is 3.54. The number of anilines is 1. The third kappa shape index (κ3) is 4.58. The van der Waals surface area contributed by atoms with Gasteiger partial charge in [0.05, 0.1) is 10.7 Å². The monoisotopic (exact) mass is 518 g/mol. The van der Waals surface area contributed by atoms with Crippen molar-refractivity contribution in [3.8, 4) is 16.2 Å². The van der Waals surface area contributed by atoms with Crippen molar-refractivity contribution >= 4 is 50.4 Å². The molecule has 2 aromatic carbocycles. The van der Waals surface area contributed by atoms with Crippen LogP contribution in [-0.2, 0) is 10.0 Å². The van der Waals surface area contributed by atoms with Gasteiger partial charge in [-0.3, -0.25) is 0 Å². The van der Waals surface area contributed by atoms with E-state index in [-0.39, 0.29) is 15.5 Å². The van der Waals surface area contributed by atoms with Gasteiger partial charge in [-0.2, -0.15) is 12.2 Å². The van der Waals surface area contributed by atoms with Crippen LogP contribution in [0.5, 0.6) is 5.75 Å². The maximum Gasteiger partial charge on any atom is 0.287 e. The highest BCUT2D eigenvalue weighted by molar-refractivity contribution is 7.96. The summed E-state index contributed by atoms with van der Waals surface area (Å²) in [5.74, 6) is -1.19. The fourth-order valence-corrected chi connectivity index (χ4v) is 6.41. The van der Waals surface area contributed by atoms with Crippen molar-refractivity contribution in [2.24, 2.45) is 0 Å². The van der Waals surface area contributed by atoms with E-state index in [0.29, 0.717) is 26.0 Å². The first-order valence-corrected chi connectivity index (χ1v) is 12.5. The zero-order valence-electron chi connectivity index (χ0n) is 16.7. The summed E-state index contributed by atoms with van der Waals surface area (Å²) in [7, 11) is -4.16. The van der Waals surface area contributed by atoms with Gasteiger partial charge in [-0.25, -0.2) is 8.78 Å². The molecule has 0 bridgehead atoms. The smallest absolute Gasteiger partial charge is 0.287 e. The molecular formula is C21H18Cl2F2N2O3S2. The first-order chi connectivity index (χ1) is 15.1. The number of benzene rings is 2. The van der Waals surface area contributed by atoms with E-state index in [1.54, 1.807) is 0 Å². The van der Waals surface area contributed by atoms with Gasteiger partial charge < -0.3 is 10.1 Å². The topological polar surface area (TPSA) is 58.6 Å². The number of nitrogens with one attached hydrogen (secondary N) is 1. The standard InChI is InChI=1S/C21H18Cl2F2N2O3S2/c1-21(8-9-26-12-21)30-18-11-14(3-5-16(18)22)27(23)32(28,29)20-7-6-19(31-20)15-4-2-13(24)10-17(15)25/h2-7,10-11,26H,8-9,12H2,1H3/t21-/m1/s1. The van der Waals surface area contributed by atoms with Gasteiger partial charge in [0.15, 0.2) is 0 Å². The van der Waals surface area contributed by atoms with E-state index < -0.39 is 27.3 Å². The van der Waals surface area contributed by atoms with E-state index in [0.717, 1.165) is 36.4 Å². The number of hydrogen-bond donors (Lipinski definition) is 1. The minimum Gasteiger partial charge on any atom is -0.485 e. The Hall–Kier alpha value is -1.91. The minimum absolute atomic E-state index is 0.0968. The molecule has 1 atom stereocenters. The van der Waals surface area contributed by atoms with Gasteiger partial charge in [-0.1, -0.05) is 11.6 Å². The lowest BCUT2D eigenvalue weighted by molar-refractivity contribution is 0.111.